The van der Waals surface area contributed by atoms with E-state index in [-0.39, 0.29) is 11.3 Å². The summed E-state index contributed by atoms with van der Waals surface area (Å²) in [5.41, 5.74) is 3.23. The molecule has 1 saturated carbocycles. The third-order valence-electron chi connectivity index (χ3n) is 4.53. The highest BCUT2D eigenvalue weighted by molar-refractivity contribution is 6.33. The summed E-state index contributed by atoms with van der Waals surface area (Å²) < 4.78 is 2.37. The third-order valence-corrected chi connectivity index (χ3v) is 4.73. The van der Waals surface area contributed by atoms with Crippen molar-refractivity contribution in [3.05, 3.63) is 23.0 Å². The molecule has 0 aromatic carbocycles. The number of rotatable bonds is 3. The maximum Gasteiger partial charge on any atom is 0.182 e. The molecule has 1 fully saturated rings. The maximum absolute atomic E-state index is 12.2. The van der Waals surface area contributed by atoms with Crippen LogP contribution in [0.2, 0.25) is 0 Å². The van der Waals surface area contributed by atoms with Gasteiger partial charge in [-0.05, 0) is 46.6 Å². The van der Waals surface area contributed by atoms with E-state index in [1.165, 1.54) is 37.8 Å². The van der Waals surface area contributed by atoms with E-state index in [0.717, 1.165) is 11.3 Å². The van der Waals surface area contributed by atoms with Crippen LogP contribution in [-0.2, 0) is 5.54 Å². The highest BCUT2D eigenvalue weighted by Gasteiger charge is 2.32. The third kappa shape index (κ3) is 2.60. The zero-order chi connectivity index (χ0) is 14.2. The fourth-order valence-corrected chi connectivity index (χ4v) is 3.71. The summed E-state index contributed by atoms with van der Waals surface area (Å²) in [4.78, 5) is 12.2. The average Bonchev–Trinajstić information content (AvgIpc) is 2.65. The molecule has 1 aliphatic rings. The molecule has 1 heterocycles. The molecule has 2 nitrogen and oxygen atoms in total. The minimum atomic E-state index is -0.451. The van der Waals surface area contributed by atoms with Crippen molar-refractivity contribution < 1.29 is 4.79 Å². The van der Waals surface area contributed by atoms with E-state index < -0.39 is 5.38 Å². The van der Waals surface area contributed by atoms with Crippen LogP contribution in [0.5, 0.6) is 0 Å². The van der Waals surface area contributed by atoms with Gasteiger partial charge in [0, 0.05) is 22.5 Å². The molecule has 3 heteroatoms. The second-order valence-electron chi connectivity index (χ2n) is 6.16. The number of hydrogen-bond acceptors (Lipinski definition) is 1. The smallest absolute Gasteiger partial charge is 0.182 e. The van der Waals surface area contributed by atoms with Gasteiger partial charge in [-0.25, -0.2) is 0 Å². The van der Waals surface area contributed by atoms with Crippen molar-refractivity contribution in [2.45, 2.75) is 70.7 Å². The first kappa shape index (κ1) is 14.6. The van der Waals surface area contributed by atoms with Crippen LogP contribution in [0.15, 0.2) is 6.07 Å². The fourth-order valence-electron chi connectivity index (χ4n) is 3.59. The quantitative estimate of drug-likeness (QED) is 0.586. The van der Waals surface area contributed by atoms with Gasteiger partial charge in [0.1, 0.15) is 0 Å². The molecule has 0 spiro atoms. The van der Waals surface area contributed by atoms with Crippen molar-refractivity contribution in [1.82, 2.24) is 4.57 Å². The van der Waals surface area contributed by atoms with E-state index in [2.05, 4.69) is 25.3 Å². The largest absolute Gasteiger partial charge is 0.343 e. The molecular weight excluding hydrogens is 258 g/mol. The van der Waals surface area contributed by atoms with Gasteiger partial charge in [0.2, 0.25) is 0 Å². The number of ketones is 1. The molecule has 0 bridgehead atoms. The summed E-state index contributed by atoms with van der Waals surface area (Å²) in [6.07, 6.45) is 6.30. The van der Waals surface area contributed by atoms with Gasteiger partial charge in [-0.1, -0.05) is 19.3 Å². The number of halogens is 1. The minimum absolute atomic E-state index is 0.0421. The summed E-state index contributed by atoms with van der Waals surface area (Å²) in [6, 6.07) is 2.01. The van der Waals surface area contributed by atoms with Crippen molar-refractivity contribution >= 4 is 17.4 Å². The van der Waals surface area contributed by atoms with E-state index in [1.54, 1.807) is 6.92 Å². The highest BCUT2D eigenvalue weighted by Crippen LogP contribution is 2.37. The average molecular weight is 282 g/mol. The number of alkyl halides is 1. The normalized spacial score (nSPS) is 20.3. The number of aryl methyl sites for hydroxylation is 1. The molecule has 0 N–H and O–H groups in total. The van der Waals surface area contributed by atoms with Crippen LogP contribution in [0.1, 0.15) is 67.7 Å². The Morgan fingerprint density at radius 2 is 1.89 bits per heavy atom. The van der Waals surface area contributed by atoms with Crippen LogP contribution in [0, 0.1) is 13.8 Å². The first-order chi connectivity index (χ1) is 8.87. The van der Waals surface area contributed by atoms with Gasteiger partial charge in [0.25, 0.3) is 0 Å². The van der Waals surface area contributed by atoms with E-state index in [4.69, 9.17) is 11.6 Å². The van der Waals surface area contributed by atoms with Gasteiger partial charge in [-0.3, -0.25) is 4.79 Å². The Bertz CT molecular complexity index is 481. The summed E-state index contributed by atoms with van der Waals surface area (Å²) in [5, 5.41) is -0.451. The number of nitrogens with zero attached hydrogens (tertiary/aromatic N) is 1. The Balaban J connectivity index is 2.44. The fraction of sp³-hybridized carbons (Fsp3) is 0.688. The van der Waals surface area contributed by atoms with Crippen LogP contribution in [0.4, 0.5) is 0 Å². The lowest BCUT2D eigenvalue weighted by Crippen LogP contribution is -2.34. The second-order valence-corrected chi connectivity index (χ2v) is 6.81. The Kier molecular flexibility index (Phi) is 4.10. The first-order valence-electron chi connectivity index (χ1n) is 7.24. The molecule has 0 saturated heterocycles. The Morgan fingerprint density at radius 1 is 1.32 bits per heavy atom. The Labute approximate surface area is 121 Å². The van der Waals surface area contributed by atoms with Gasteiger partial charge >= 0.3 is 0 Å². The first-order valence-corrected chi connectivity index (χ1v) is 7.68. The van der Waals surface area contributed by atoms with Gasteiger partial charge < -0.3 is 4.57 Å². The molecule has 1 atom stereocenters. The molecule has 19 heavy (non-hydrogen) atoms. The number of carbonyl (C=O) groups is 1. The number of hydrogen-bond donors (Lipinski definition) is 0. The number of aromatic nitrogens is 1. The summed E-state index contributed by atoms with van der Waals surface area (Å²) in [5.74, 6) is 0.0421. The summed E-state index contributed by atoms with van der Waals surface area (Å²) in [7, 11) is 0. The monoisotopic (exact) mass is 281 g/mol. The molecule has 2 rings (SSSR count). The Hall–Kier alpha value is -0.760. The molecule has 0 radical (unpaired) electrons. The molecule has 0 amide bonds. The summed E-state index contributed by atoms with van der Waals surface area (Å²) >= 11 is 5.96. The van der Waals surface area contributed by atoms with Crippen LogP contribution in [0.25, 0.3) is 0 Å². The molecule has 1 aromatic rings. The standard InChI is InChI=1S/C16H24ClNO/c1-11-10-14(15(19)12(2)17)13(3)18(11)16(4)8-6-5-7-9-16/h10,12H,5-9H2,1-4H3. The van der Waals surface area contributed by atoms with Crippen molar-refractivity contribution in [1.29, 1.82) is 0 Å². The zero-order valence-electron chi connectivity index (χ0n) is 12.4. The summed E-state index contributed by atoms with van der Waals surface area (Å²) in [6.45, 7) is 8.23. The molecule has 1 aliphatic carbocycles. The lowest BCUT2D eigenvalue weighted by molar-refractivity contribution is 0.0990. The van der Waals surface area contributed by atoms with E-state index in [0.29, 0.717) is 0 Å². The Morgan fingerprint density at radius 3 is 2.42 bits per heavy atom. The predicted octanol–water partition coefficient (Wildman–Crippen LogP) is 4.59. The maximum atomic E-state index is 12.2. The van der Waals surface area contributed by atoms with Gasteiger partial charge in [0.15, 0.2) is 5.78 Å². The highest BCUT2D eigenvalue weighted by atomic mass is 35.5. The van der Waals surface area contributed by atoms with E-state index >= 15 is 0 Å². The minimum Gasteiger partial charge on any atom is -0.343 e. The van der Waals surface area contributed by atoms with Crippen molar-refractivity contribution in [3.8, 4) is 0 Å². The predicted molar refractivity (Wildman–Crippen MR) is 80.3 cm³/mol. The number of Topliss-reactive ketones (excluding diaryl/α,β-unsaturated/α-hetero) is 1. The van der Waals surface area contributed by atoms with E-state index in [9.17, 15) is 4.79 Å². The van der Waals surface area contributed by atoms with Gasteiger partial charge in [0.05, 0.1) is 5.38 Å². The molecule has 0 aliphatic heterocycles. The van der Waals surface area contributed by atoms with Gasteiger partial charge in [-0.15, -0.1) is 11.6 Å². The van der Waals surface area contributed by atoms with Crippen LogP contribution in [-0.4, -0.2) is 15.7 Å². The molecular formula is C16H24ClNO. The molecule has 1 aromatic heterocycles. The number of carbonyl (C=O) groups excluding carboxylic acids is 1. The lowest BCUT2D eigenvalue weighted by atomic mass is 9.82. The van der Waals surface area contributed by atoms with Crippen molar-refractivity contribution in [3.63, 3.8) is 0 Å². The van der Waals surface area contributed by atoms with E-state index in [1.807, 2.05) is 6.07 Å². The van der Waals surface area contributed by atoms with Gasteiger partial charge in [-0.2, -0.15) is 0 Å². The molecule has 106 valence electrons. The molecule has 1 unspecified atom stereocenters. The lowest BCUT2D eigenvalue weighted by Gasteiger charge is -2.38. The second kappa shape index (κ2) is 5.32. The van der Waals surface area contributed by atoms with Crippen LogP contribution < -0.4 is 0 Å². The van der Waals surface area contributed by atoms with Crippen LogP contribution >= 0.6 is 11.6 Å². The SMILES string of the molecule is Cc1cc(C(=O)C(C)Cl)c(C)n1C1(C)CCCCC1. The van der Waals surface area contributed by atoms with Crippen molar-refractivity contribution in [2.24, 2.45) is 0 Å². The zero-order valence-corrected chi connectivity index (χ0v) is 13.2. The van der Waals surface area contributed by atoms with Crippen LogP contribution in [0.3, 0.4) is 0 Å². The topological polar surface area (TPSA) is 22.0 Å². The van der Waals surface area contributed by atoms with Crippen molar-refractivity contribution in [2.75, 3.05) is 0 Å².